The Kier molecular flexibility index (Phi) is 3.50. The lowest BCUT2D eigenvalue weighted by Crippen LogP contribution is -2.09. The van der Waals surface area contributed by atoms with Crippen LogP contribution in [0.25, 0.3) is 0 Å². The number of nitrogens with zero attached hydrogens (tertiary/aromatic N) is 2. The van der Waals surface area contributed by atoms with Gasteiger partial charge < -0.3 is 5.11 Å². The van der Waals surface area contributed by atoms with Gasteiger partial charge in [0.15, 0.2) is 0 Å². The molecule has 0 bridgehead atoms. The molecule has 1 atom stereocenters. The number of hydrogen-bond donors (Lipinski definition) is 1. The second-order valence-corrected chi connectivity index (χ2v) is 4.55. The van der Waals surface area contributed by atoms with Gasteiger partial charge in [0.1, 0.15) is 6.10 Å². The minimum Gasteiger partial charge on any atom is -0.386 e. The molecule has 0 fully saturated rings. The van der Waals surface area contributed by atoms with Crippen LogP contribution in [0.4, 0.5) is 0 Å². The number of aliphatic hydroxyl groups excluding tert-OH is 1. The summed E-state index contributed by atoms with van der Waals surface area (Å²) in [6, 6.07) is 8.01. The topological polar surface area (TPSA) is 38.1 Å². The molecule has 1 N–H and O–H groups in total. The minimum absolute atomic E-state index is 0.508. The number of hydrogen-bond acceptors (Lipinski definition) is 2. The van der Waals surface area contributed by atoms with Crippen LogP contribution in [-0.4, -0.2) is 14.9 Å². The van der Waals surface area contributed by atoms with Crippen LogP contribution in [0.15, 0.2) is 30.5 Å². The lowest BCUT2D eigenvalue weighted by atomic mass is 10.0. The van der Waals surface area contributed by atoms with Crippen LogP contribution in [0.5, 0.6) is 0 Å². The van der Waals surface area contributed by atoms with Crippen molar-refractivity contribution in [3.8, 4) is 0 Å². The Hall–Kier alpha value is -1.32. The molecule has 4 heteroatoms. The molecule has 0 aliphatic carbocycles. The second-order valence-electron chi connectivity index (χ2n) is 4.15. The molecular weight excluding hydrogens is 236 g/mol. The van der Waals surface area contributed by atoms with E-state index in [0.29, 0.717) is 17.1 Å². The SMILES string of the molecule is Cc1ccccc1CC(O)c1c(Cl)cnn1C. The summed E-state index contributed by atoms with van der Waals surface area (Å²) in [5.74, 6) is 0. The van der Waals surface area contributed by atoms with Crippen molar-refractivity contribution in [3.63, 3.8) is 0 Å². The number of aliphatic hydroxyl groups is 1. The molecule has 2 aromatic rings. The van der Waals surface area contributed by atoms with Gasteiger partial charge in [-0.2, -0.15) is 5.10 Å². The second kappa shape index (κ2) is 4.90. The van der Waals surface area contributed by atoms with Gasteiger partial charge in [-0.15, -0.1) is 0 Å². The Balaban J connectivity index is 2.23. The zero-order chi connectivity index (χ0) is 12.4. The average Bonchev–Trinajstić information content (AvgIpc) is 2.62. The number of aryl methyl sites for hydroxylation is 2. The highest BCUT2D eigenvalue weighted by Gasteiger charge is 2.17. The molecular formula is C13H15ClN2O. The first kappa shape index (κ1) is 12.1. The van der Waals surface area contributed by atoms with E-state index in [1.54, 1.807) is 17.9 Å². The maximum atomic E-state index is 10.2. The fourth-order valence-electron chi connectivity index (χ4n) is 1.94. The molecule has 3 nitrogen and oxygen atoms in total. The van der Waals surface area contributed by atoms with Gasteiger partial charge in [0.05, 0.1) is 16.9 Å². The van der Waals surface area contributed by atoms with E-state index in [4.69, 9.17) is 11.6 Å². The summed E-state index contributed by atoms with van der Waals surface area (Å²) in [6.45, 7) is 2.03. The third-order valence-electron chi connectivity index (χ3n) is 2.93. The predicted octanol–water partition coefficient (Wildman–Crippen LogP) is 2.66. The first-order valence-electron chi connectivity index (χ1n) is 5.49. The molecule has 1 unspecified atom stereocenters. The van der Waals surface area contributed by atoms with Gasteiger partial charge in [0.2, 0.25) is 0 Å². The van der Waals surface area contributed by atoms with E-state index in [2.05, 4.69) is 5.10 Å². The van der Waals surface area contributed by atoms with Crippen LogP contribution >= 0.6 is 11.6 Å². The number of rotatable bonds is 3. The lowest BCUT2D eigenvalue weighted by molar-refractivity contribution is 0.168. The van der Waals surface area contributed by atoms with Gasteiger partial charge >= 0.3 is 0 Å². The molecule has 1 aromatic heterocycles. The molecule has 90 valence electrons. The van der Waals surface area contributed by atoms with Gasteiger partial charge in [-0.3, -0.25) is 4.68 Å². The largest absolute Gasteiger partial charge is 0.386 e. The van der Waals surface area contributed by atoms with Crippen molar-refractivity contribution < 1.29 is 5.11 Å². The third kappa shape index (κ3) is 2.51. The summed E-state index contributed by atoms with van der Waals surface area (Å²) < 4.78 is 1.62. The summed E-state index contributed by atoms with van der Waals surface area (Å²) in [6.07, 6.45) is 1.47. The van der Waals surface area contributed by atoms with E-state index >= 15 is 0 Å². The Bertz CT molecular complexity index is 502. The van der Waals surface area contributed by atoms with Gasteiger partial charge in [0, 0.05) is 13.5 Å². The van der Waals surface area contributed by atoms with Crippen LogP contribution in [-0.2, 0) is 13.5 Å². The van der Waals surface area contributed by atoms with Crippen LogP contribution in [0, 0.1) is 6.92 Å². The summed E-state index contributed by atoms with van der Waals surface area (Å²) >= 11 is 6.00. The monoisotopic (exact) mass is 250 g/mol. The third-order valence-corrected chi connectivity index (χ3v) is 3.22. The van der Waals surface area contributed by atoms with Crippen LogP contribution in [0.3, 0.4) is 0 Å². The quantitative estimate of drug-likeness (QED) is 0.910. The fourth-order valence-corrected chi connectivity index (χ4v) is 2.23. The molecule has 0 radical (unpaired) electrons. The Morgan fingerprint density at radius 3 is 2.71 bits per heavy atom. The maximum Gasteiger partial charge on any atom is 0.101 e. The number of halogens is 1. The minimum atomic E-state index is -0.629. The van der Waals surface area contributed by atoms with E-state index in [0.717, 1.165) is 5.56 Å². The predicted molar refractivity (Wildman–Crippen MR) is 68.1 cm³/mol. The van der Waals surface area contributed by atoms with E-state index in [1.165, 1.54) is 5.56 Å². The zero-order valence-electron chi connectivity index (χ0n) is 9.89. The molecule has 17 heavy (non-hydrogen) atoms. The summed E-state index contributed by atoms with van der Waals surface area (Å²) in [4.78, 5) is 0. The normalized spacial score (nSPS) is 12.7. The summed E-state index contributed by atoms with van der Waals surface area (Å²) in [7, 11) is 1.78. The zero-order valence-corrected chi connectivity index (χ0v) is 10.6. The number of benzene rings is 1. The van der Waals surface area contributed by atoms with Crippen molar-refractivity contribution >= 4 is 11.6 Å². The molecule has 2 rings (SSSR count). The van der Waals surface area contributed by atoms with E-state index in [1.807, 2.05) is 31.2 Å². The maximum absolute atomic E-state index is 10.2. The van der Waals surface area contributed by atoms with Crippen molar-refractivity contribution in [2.24, 2.45) is 7.05 Å². The molecule has 0 saturated carbocycles. The standard InChI is InChI=1S/C13H15ClN2O/c1-9-5-3-4-6-10(9)7-12(17)13-11(14)8-15-16(13)2/h3-6,8,12,17H,7H2,1-2H3. The first-order chi connectivity index (χ1) is 8.09. The van der Waals surface area contributed by atoms with E-state index in [-0.39, 0.29) is 0 Å². The Morgan fingerprint density at radius 1 is 1.41 bits per heavy atom. The highest BCUT2D eigenvalue weighted by atomic mass is 35.5. The van der Waals surface area contributed by atoms with Crippen molar-refractivity contribution in [2.45, 2.75) is 19.4 Å². The highest BCUT2D eigenvalue weighted by molar-refractivity contribution is 6.31. The van der Waals surface area contributed by atoms with Crippen molar-refractivity contribution in [3.05, 3.63) is 52.3 Å². The first-order valence-corrected chi connectivity index (χ1v) is 5.87. The van der Waals surface area contributed by atoms with Crippen molar-refractivity contribution in [1.29, 1.82) is 0 Å². The van der Waals surface area contributed by atoms with Crippen LogP contribution < -0.4 is 0 Å². The molecule has 1 aromatic carbocycles. The molecule has 0 saturated heterocycles. The van der Waals surface area contributed by atoms with Gasteiger partial charge in [-0.25, -0.2) is 0 Å². The van der Waals surface area contributed by atoms with Crippen LogP contribution in [0.1, 0.15) is 22.9 Å². The summed E-state index contributed by atoms with van der Waals surface area (Å²) in [5, 5.41) is 14.7. The van der Waals surface area contributed by atoms with Crippen molar-refractivity contribution in [1.82, 2.24) is 9.78 Å². The molecule has 0 amide bonds. The van der Waals surface area contributed by atoms with Gasteiger partial charge in [-0.1, -0.05) is 35.9 Å². The van der Waals surface area contributed by atoms with E-state index < -0.39 is 6.10 Å². The molecule has 0 spiro atoms. The van der Waals surface area contributed by atoms with Gasteiger partial charge in [-0.05, 0) is 18.1 Å². The highest BCUT2D eigenvalue weighted by Crippen LogP contribution is 2.25. The lowest BCUT2D eigenvalue weighted by Gasteiger charge is -2.13. The molecule has 0 aliphatic rings. The van der Waals surface area contributed by atoms with Crippen molar-refractivity contribution in [2.75, 3.05) is 0 Å². The average molecular weight is 251 g/mol. The fraction of sp³-hybridized carbons (Fsp3) is 0.308. The van der Waals surface area contributed by atoms with Crippen LogP contribution in [0.2, 0.25) is 5.02 Å². The molecule has 1 heterocycles. The Morgan fingerprint density at radius 2 is 2.12 bits per heavy atom. The number of aromatic nitrogens is 2. The van der Waals surface area contributed by atoms with E-state index in [9.17, 15) is 5.11 Å². The molecule has 0 aliphatic heterocycles. The smallest absolute Gasteiger partial charge is 0.101 e. The van der Waals surface area contributed by atoms with Gasteiger partial charge in [0.25, 0.3) is 0 Å². The summed E-state index contributed by atoms with van der Waals surface area (Å²) in [5.41, 5.74) is 2.96. The Labute approximate surface area is 106 Å².